The Morgan fingerprint density at radius 3 is 2.67 bits per heavy atom. The molecule has 3 rings (SSSR count). The highest BCUT2D eigenvalue weighted by Gasteiger charge is 2.21. The van der Waals surface area contributed by atoms with E-state index in [0.29, 0.717) is 17.3 Å². The molecule has 0 fully saturated rings. The van der Waals surface area contributed by atoms with Gasteiger partial charge in [0.05, 0.1) is 23.0 Å². The number of hydrogen-bond donors (Lipinski definition) is 1. The van der Waals surface area contributed by atoms with Gasteiger partial charge in [-0.25, -0.2) is 0 Å². The van der Waals surface area contributed by atoms with E-state index in [1.165, 1.54) is 37.1 Å². The quantitative estimate of drug-likeness (QED) is 0.333. The monoisotopic (exact) mass is 427 g/mol. The van der Waals surface area contributed by atoms with Gasteiger partial charge in [-0.15, -0.1) is 10.2 Å². The third kappa shape index (κ3) is 4.95. The van der Waals surface area contributed by atoms with Crippen LogP contribution < -0.4 is 10.1 Å². The first-order chi connectivity index (χ1) is 14.4. The minimum Gasteiger partial charge on any atom is -0.495 e. The second kappa shape index (κ2) is 9.40. The Morgan fingerprint density at radius 1 is 1.27 bits per heavy atom. The smallest absolute Gasteiger partial charge is 0.271 e. The number of aromatic nitrogens is 3. The standard InChI is InChI=1S/C20H21N5O4S/c1-13(19(26)21-16-12-15(25(27)28)9-10-17(16)29-3)30-20-23-22-18(24(20)2)11-14-7-5-4-6-8-14/h4-10,12-13H,11H2,1-3H3,(H,21,26). The van der Waals surface area contributed by atoms with Crippen LogP contribution in [-0.2, 0) is 18.3 Å². The topological polar surface area (TPSA) is 112 Å². The molecule has 0 spiro atoms. The van der Waals surface area contributed by atoms with Crippen LogP contribution in [0.4, 0.5) is 11.4 Å². The number of ether oxygens (including phenoxy) is 1. The van der Waals surface area contributed by atoms with E-state index in [2.05, 4.69) is 15.5 Å². The molecule has 0 aliphatic carbocycles. The predicted octanol–water partition coefficient (Wildman–Crippen LogP) is 3.44. The Hall–Kier alpha value is -3.40. The number of nitrogens with one attached hydrogen (secondary N) is 1. The zero-order chi connectivity index (χ0) is 21.7. The second-order valence-corrected chi connectivity index (χ2v) is 7.82. The summed E-state index contributed by atoms with van der Waals surface area (Å²) in [4.78, 5) is 23.1. The Bertz CT molecular complexity index is 1050. The molecule has 9 nitrogen and oxygen atoms in total. The van der Waals surface area contributed by atoms with Crippen LogP contribution in [0.3, 0.4) is 0 Å². The average Bonchev–Trinajstić information content (AvgIpc) is 3.07. The highest BCUT2D eigenvalue weighted by Crippen LogP contribution is 2.30. The molecule has 1 unspecified atom stereocenters. The molecule has 3 aromatic rings. The van der Waals surface area contributed by atoms with Crippen molar-refractivity contribution in [1.82, 2.24) is 14.8 Å². The van der Waals surface area contributed by atoms with Gasteiger partial charge in [0.15, 0.2) is 5.16 Å². The van der Waals surface area contributed by atoms with Gasteiger partial charge >= 0.3 is 0 Å². The van der Waals surface area contributed by atoms with E-state index in [0.717, 1.165) is 11.4 Å². The largest absolute Gasteiger partial charge is 0.495 e. The normalized spacial score (nSPS) is 11.7. The molecule has 30 heavy (non-hydrogen) atoms. The molecule has 0 bridgehead atoms. The molecule has 1 atom stereocenters. The fraction of sp³-hybridized carbons (Fsp3) is 0.250. The van der Waals surface area contributed by atoms with Crippen molar-refractivity contribution in [2.24, 2.45) is 7.05 Å². The number of hydrogen-bond acceptors (Lipinski definition) is 7. The Balaban J connectivity index is 1.69. The third-order valence-electron chi connectivity index (χ3n) is 4.43. The van der Waals surface area contributed by atoms with Crippen LogP contribution in [0.2, 0.25) is 0 Å². The number of nitro groups is 1. The Labute approximate surface area is 177 Å². The van der Waals surface area contributed by atoms with E-state index >= 15 is 0 Å². The zero-order valence-corrected chi connectivity index (χ0v) is 17.5. The molecular weight excluding hydrogens is 406 g/mol. The van der Waals surface area contributed by atoms with E-state index in [9.17, 15) is 14.9 Å². The number of thioether (sulfide) groups is 1. The van der Waals surface area contributed by atoms with Crippen LogP contribution in [0.5, 0.6) is 5.75 Å². The van der Waals surface area contributed by atoms with E-state index in [1.54, 1.807) is 6.92 Å². The lowest BCUT2D eigenvalue weighted by Gasteiger charge is -2.14. The zero-order valence-electron chi connectivity index (χ0n) is 16.7. The van der Waals surface area contributed by atoms with Gasteiger partial charge in [0.1, 0.15) is 11.6 Å². The van der Waals surface area contributed by atoms with E-state index in [4.69, 9.17) is 4.74 Å². The summed E-state index contributed by atoms with van der Waals surface area (Å²) in [6.07, 6.45) is 0.635. The molecule has 156 valence electrons. The van der Waals surface area contributed by atoms with Gasteiger partial charge in [-0.1, -0.05) is 42.1 Å². The second-order valence-electron chi connectivity index (χ2n) is 6.51. The molecule has 2 aromatic carbocycles. The van der Waals surface area contributed by atoms with Crippen molar-refractivity contribution in [3.05, 3.63) is 70.0 Å². The Morgan fingerprint density at radius 2 is 2.00 bits per heavy atom. The van der Waals surface area contributed by atoms with Gasteiger partial charge in [-0.05, 0) is 18.6 Å². The van der Waals surface area contributed by atoms with Gasteiger partial charge in [0.25, 0.3) is 5.69 Å². The van der Waals surface area contributed by atoms with Crippen molar-refractivity contribution in [1.29, 1.82) is 0 Å². The minimum absolute atomic E-state index is 0.134. The summed E-state index contributed by atoms with van der Waals surface area (Å²) < 4.78 is 7.04. The number of carbonyl (C=O) groups excluding carboxylic acids is 1. The first kappa shape index (κ1) is 21.3. The lowest BCUT2D eigenvalue weighted by atomic mass is 10.1. The number of amides is 1. The van der Waals surface area contributed by atoms with Crippen LogP contribution in [0.15, 0.2) is 53.7 Å². The summed E-state index contributed by atoms with van der Waals surface area (Å²) >= 11 is 1.26. The summed E-state index contributed by atoms with van der Waals surface area (Å²) in [5, 5.41) is 22.2. The average molecular weight is 427 g/mol. The third-order valence-corrected chi connectivity index (χ3v) is 5.57. The highest BCUT2D eigenvalue weighted by atomic mass is 32.2. The van der Waals surface area contributed by atoms with E-state index < -0.39 is 10.2 Å². The molecule has 1 N–H and O–H groups in total. The summed E-state index contributed by atoms with van der Waals surface area (Å²) in [6, 6.07) is 14.0. The molecular formula is C20H21N5O4S. The van der Waals surface area contributed by atoms with Gasteiger partial charge in [0.2, 0.25) is 5.91 Å². The molecule has 0 saturated heterocycles. The van der Waals surface area contributed by atoms with Crippen molar-refractivity contribution in [2.45, 2.75) is 23.8 Å². The number of nitro benzene ring substituents is 1. The molecule has 0 aliphatic rings. The van der Waals surface area contributed by atoms with Gasteiger partial charge < -0.3 is 14.6 Å². The van der Waals surface area contributed by atoms with Gasteiger partial charge in [-0.2, -0.15) is 0 Å². The summed E-state index contributed by atoms with van der Waals surface area (Å²) in [7, 11) is 3.29. The van der Waals surface area contributed by atoms with Crippen molar-refractivity contribution in [3.8, 4) is 5.75 Å². The lowest BCUT2D eigenvalue weighted by molar-refractivity contribution is -0.384. The fourth-order valence-corrected chi connectivity index (χ4v) is 3.57. The van der Waals surface area contributed by atoms with Gasteiger partial charge in [0, 0.05) is 25.6 Å². The number of methoxy groups -OCH3 is 1. The van der Waals surface area contributed by atoms with Crippen molar-refractivity contribution in [3.63, 3.8) is 0 Å². The summed E-state index contributed by atoms with van der Waals surface area (Å²) in [6.45, 7) is 1.73. The number of non-ortho nitro benzene ring substituents is 1. The molecule has 1 aromatic heterocycles. The van der Waals surface area contributed by atoms with Crippen LogP contribution >= 0.6 is 11.8 Å². The van der Waals surface area contributed by atoms with Crippen LogP contribution in [-0.4, -0.2) is 38.0 Å². The highest BCUT2D eigenvalue weighted by molar-refractivity contribution is 8.00. The molecule has 0 saturated carbocycles. The van der Waals surface area contributed by atoms with E-state index in [1.807, 2.05) is 41.9 Å². The number of rotatable bonds is 8. The Kier molecular flexibility index (Phi) is 6.68. The molecule has 0 radical (unpaired) electrons. The van der Waals surface area contributed by atoms with Crippen molar-refractivity contribution < 1.29 is 14.5 Å². The summed E-state index contributed by atoms with van der Waals surface area (Å²) in [5.41, 5.74) is 1.23. The molecule has 1 amide bonds. The molecule has 0 aliphatic heterocycles. The maximum Gasteiger partial charge on any atom is 0.271 e. The van der Waals surface area contributed by atoms with E-state index in [-0.39, 0.29) is 17.3 Å². The van der Waals surface area contributed by atoms with Crippen LogP contribution in [0.25, 0.3) is 0 Å². The van der Waals surface area contributed by atoms with Crippen molar-refractivity contribution in [2.75, 3.05) is 12.4 Å². The fourth-order valence-electron chi connectivity index (χ4n) is 2.73. The maximum atomic E-state index is 12.7. The minimum atomic E-state index is -0.527. The SMILES string of the molecule is COc1ccc([N+](=O)[O-])cc1NC(=O)C(C)Sc1nnc(Cc2ccccc2)n1C. The lowest BCUT2D eigenvalue weighted by Crippen LogP contribution is -2.23. The number of benzene rings is 2. The predicted molar refractivity (Wildman–Crippen MR) is 114 cm³/mol. The summed E-state index contributed by atoms with van der Waals surface area (Å²) in [5.74, 6) is 0.804. The van der Waals surface area contributed by atoms with Crippen LogP contribution in [0, 0.1) is 10.1 Å². The first-order valence-electron chi connectivity index (χ1n) is 9.11. The maximum absolute atomic E-state index is 12.7. The van der Waals surface area contributed by atoms with Crippen molar-refractivity contribution >= 4 is 29.0 Å². The number of anilines is 1. The molecule has 1 heterocycles. The number of carbonyl (C=O) groups is 1. The van der Waals surface area contributed by atoms with Gasteiger partial charge in [-0.3, -0.25) is 14.9 Å². The number of nitrogens with zero attached hydrogens (tertiary/aromatic N) is 4. The molecule has 10 heteroatoms. The first-order valence-corrected chi connectivity index (χ1v) is 9.99. The van der Waals surface area contributed by atoms with Crippen LogP contribution in [0.1, 0.15) is 18.3 Å².